The van der Waals surface area contributed by atoms with Crippen molar-refractivity contribution >= 4 is 17.4 Å². The van der Waals surface area contributed by atoms with Crippen molar-refractivity contribution in [3.63, 3.8) is 0 Å². The molecule has 1 aromatic heterocycles. The molecule has 0 saturated carbocycles. The molecule has 0 bridgehead atoms. The maximum absolute atomic E-state index is 12.2. The van der Waals surface area contributed by atoms with Crippen molar-refractivity contribution in [3.8, 4) is 0 Å². The van der Waals surface area contributed by atoms with Crippen LogP contribution in [0.25, 0.3) is 0 Å². The first-order valence-electron chi connectivity index (χ1n) is 7.73. The maximum atomic E-state index is 12.2. The zero-order chi connectivity index (χ0) is 17.0. The number of carbonyl (C=O) groups excluding carboxylic acids is 1. The lowest BCUT2D eigenvalue weighted by Gasteiger charge is -2.18. The Morgan fingerprint density at radius 3 is 2.74 bits per heavy atom. The van der Waals surface area contributed by atoms with Crippen molar-refractivity contribution < 1.29 is 9.32 Å². The van der Waals surface area contributed by atoms with E-state index >= 15 is 0 Å². The van der Waals surface area contributed by atoms with Crippen LogP contribution >= 0.6 is 0 Å². The summed E-state index contributed by atoms with van der Waals surface area (Å²) in [5.74, 6) is 0.724. The number of nitrogens with one attached hydrogen (secondary N) is 2. The highest BCUT2D eigenvalue weighted by atomic mass is 16.5. The van der Waals surface area contributed by atoms with Gasteiger partial charge in [0.2, 0.25) is 0 Å². The molecule has 6 heteroatoms. The summed E-state index contributed by atoms with van der Waals surface area (Å²) in [4.78, 5) is 14.3. The average molecular weight is 316 g/mol. The Hall–Kier alpha value is -2.50. The number of amides is 2. The number of anilines is 2. The van der Waals surface area contributed by atoms with Gasteiger partial charge in [0.1, 0.15) is 5.76 Å². The zero-order valence-electron chi connectivity index (χ0n) is 14.3. The SMILES string of the molecule is CCN(C)c1cccc(NC(=O)N[C@@H](C)c2c(C)noc2C)c1. The number of hydrogen-bond donors (Lipinski definition) is 2. The summed E-state index contributed by atoms with van der Waals surface area (Å²) in [7, 11) is 2.01. The highest BCUT2D eigenvalue weighted by Gasteiger charge is 2.18. The Kier molecular flexibility index (Phi) is 5.26. The number of aryl methyl sites for hydroxylation is 2. The van der Waals surface area contributed by atoms with Gasteiger partial charge in [-0.3, -0.25) is 0 Å². The third-order valence-corrected chi connectivity index (χ3v) is 3.89. The average Bonchev–Trinajstić information content (AvgIpc) is 2.85. The van der Waals surface area contributed by atoms with Gasteiger partial charge in [-0.2, -0.15) is 0 Å². The van der Waals surface area contributed by atoms with Crippen molar-refractivity contribution in [2.75, 3.05) is 23.8 Å². The summed E-state index contributed by atoms with van der Waals surface area (Å²) in [6.07, 6.45) is 0. The molecule has 2 amide bonds. The first-order valence-corrected chi connectivity index (χ1v) is 7.73. The van der Waals surface area contributed by atoms with Gasteiger partial charge in [-0.05, 0) is 45.9 Å². The molecule has 0 aliphatic heterocycles. The lowest BCUT2D eigenvalue weighted by atomic mass is 10.1. The lowest BCUT2D eigenvalue weighted by molar-refractivity contribution is 0.249. The summed E-state index contributed by atoms with van der Waals surface area (Å²) in [5, 5.41) is 9.69. The third kappa shape index (κ3) is 4.03. The van der Waals surface area contributed by atoms with E-state index in [-0.39, 0.29) is 12.1 Å². The van der Waals surface area contributed by atoms with Crippen molar-refractivity contribution in [1.82, 2.24) is 10.5 Å². The van der Waals surface area contributed by atoms with E-state index in [0.717, 1.165) is 34.9 Å². The minimum atomic E-state index is -0.256. The van der Waals surface area contributed by atoms with E-state index in [1.165, 1.54) is 0 Å². The molecule has 0 aliphatic carbocycles. The monoisotopic (exact) mass is 316 g/mol. The van der Waals surface area contributed by atoms with Gasteiger partial charge in [0.25, 0.3) is 0 Å². The number of carbonyl (C=O) groups is 1. The fourth-order valence-electron chi connectivity index (χ4n) is 2.55. The highest BCUT2D eigenvalue weighted by molar-refractivity contribution is 5.90. The van der Waals surface area contributed by atoms with Gasteiger partial charge in [0, 0.05) is 30.5 Å². The number of rotatable bonds is 5. The van der Waals surface area contributed by atoms with Gasteiger partial charge in [-0.15, -0.1) is 0 Å². The number of benzene rings is 1. The molecule has 6 nitrogen and oxygen atoms in total. The van der Waals surface area contributed by atoms with E-state index in [2.05, 4.69) is 27.6 Å². The molecular weight excluding hydrogens is 292 g/mol. The summed E-state index contributed by atoms with van der Waals surface area (Å²) >= 11 is 0. The van der Waals surface area contributed by atoms with Gasteiger partial charge in [0.15, 0.2) is 0 Å². The normalized spacial score (nSPS) is 11.9. The van der Waals surface area contributed by atoms with Crippen LogP contribution < -0.4 is 15.5 Å². The van der Waals surface area contributed by atoms with Crippen LogP contribution in [0, 0.1) is 13.8 Å². The van der Waals surface area contributed by atoms with Crippen molar-refractivity contribution in [2.45, 2.75) is 33.7 Å². The molecule has 0 spiro atoms. The molecule has 2 aromatic rings. The summed E-state index contributed by atoms with van der Waals surface area (Å²) in [6, 6.07) is 7.32. The maximum Gasteiger partial charge on any atom is 0.319 e. The predicted octanol–water partition coefficient (Wildman–Crippen LogP) is 3.63. The standard InChI is InChI=1S/C17H24N4O2/c1-6-21(5)15-9-7-8-14(10-15)19-17(22)18-11(2)16-12(3)20-23-13(16)4/h7-11H,6H2,1-5H3,(H2,18,19,22)/t11-/m0/s1. The molecule has 0 aliphatic rings. The van der Waals surface area contributed by atoms with E-state index < -0.39 is 0 Å². The van der Waals surface area contributed by atoms with Crippen LogP contribution in [0.5, 0.6) is 0 Å². The molecular formula is C17H24N4O2. The second-order valence-corrected chi connectivity index (χ2v) is 5.62. The van der Waals surface area contributed by atoms with Crippen LogP contribution in [0.2, 0.25) is 0 Å². The van der Waals surface area contributed by atoms with Gasteiger partial charge in [-0.25, -0.2) is 4.79 Å². The Morgan fingerprint density at radius 2 is 2.13 bits per heavy atom. The fraction of sp³-hybridized carbons (Fsp3) is 0.412. The van der Waals surface area contributed by atoms with E-state index in [0.29, 0.717) is 0 Å². The van der Waals surface area contributed by atoms with Gasteiger partial charge >= 0.3 is 6.03 Å². The Morgan fingerprint density at radius 1 is 1.39 bits per heavy atom. The smallest absolute Gasteiger partial charge is 0.319 e. The second kappa shape index (κ2) is 7.17. The molecule has 0 unspecified atom stereocenters. The van der Waals surface area contributed by atoms with E-state index in [9.17, 15) is 4.79 Å². The molecule has 0 fully saturated rings. The first-order chi connectivity index (χ1) is 10.9. The molecule has 124 valence electrons. The molecule has 2 N–H and O–H groups in total. The largest absolute Gasteiger partial charge is 0.375 e. The molecule has 2 rings (SSSR count). The summed E-state index contributed by atoms with van der Waals surface area (Å²) in [6.45, 7) is 8.60. The van der Waals surface area contributed by atoms with Crippen molar-refractivity contribution in [1.29, 1.82) is 0 Å². The lowest BCUT2D eigenvalue weighted by Crippen LogP contribution is -2.31. The summed E-state index contributed by atoms with van der Waals surface area (Å²) < 4.78 is 5.14. The predicted molar refractivity (Wildman–Crippen MR) is 91.9 cm³/mol. The molecule has 1 heterocycles. The van der Waals surface area contributed by atoms with Crippen LogP contribution in [0.3, 0.4) is 0 Å². The van der Waals surface area contributed by atoms with Crippen LogP contribution in [-0.2, 0) is 0 Å². The van der Waals surface area contributed by atoms with Gasteiger partial charge in [0.05, 0.1) is 11.7 Å². The van der Waals surface area contributed by atoms with Gasteiger partial charge in [-0.1, -0.05) is 11.2 Å². The first kappa shape index (κ1) is 16.9. The van der Waals surface area contributed by atoms with Crippen molar-refractivity contribution in [3.05, 3.63) is 41.3 Å². The molecule has 1 aromatic carbocycles. The van der Waals surface area contributed by atoms with Crippen LogP contribution in [0.15, 0.2) is 28.8 Å². The highest BCUT2D eigenvalue weighted by Crippen LogP contribution is 2.21. The topological polar surface area (TPSA) is 70.4 Å². The van der Waals surface area contributed by atoms with Crippen LogP contribution in [-0.4, -0.2) is 24.8 Å². The number of urea groups is 1. The molecule has 0 radical (unpaired) electrons. The molecule has 23 heavy (non-hydrogen) atoms. The summed E-state index contributed by atoms with van der Waals surface area (Å²) in [5.41, 5.74) is 3.52. The van der Waals surface area contributed by atoms with E-state index in [4.69, 9.17) is 4.52 Å². The minimum absolute atomic E-state index is 0.178. The van der Waals surface area contributed by atoms with Crippen LogP contribution in [0.1, 0.15) is 36.9 Å². The Labute approximate surface area is 136 Å². The van der Waals surface area contributed by atoms with Gasteiger partial charge < -0.3 is 20.1 Å². The minimum Gasteiger partial charge on any atom is -0.375 e. The number of nitrogens with zero attached hydrogens (tertiary/aromatic N) is 2. The molecule has 0 saturated heterocycles. The Balaban J connectivity index is 2.02. The van der Waals surface area contributed by atoms with E-state index in [1.807, 2.05) is 52.1 Å². The molecule has 1 atom stereocenters. The second-order valence-electron chi connectivity index (χ2n) is 5.62. The zero-order valence-corrected chi connectivity index (χ0v) is 14.3. The quantitative estimate of drug-likeness (QED) is 0.883. The van der Waals surface area contributed by atoms with Crippen LogP contribution in [0.4, 0.5) is 16.2 Å². The Bertz CT molecular complexity index is 661. The number of hydrogen-bond acceptors (Lipinski definition) is 4. The number of aromatic nitrogens is 1. The van der Waals surface area contributed by atoms with E-state index in [1.54, 1.807) is 0 Å². The third-order valence-electron chi connectivity index (χ3n) is 3.89. The van der Waals surface area contributed by atoms with Crippen molar-refractivity contribution in [2.24, 2.45) is 0 Å². The fourth-order valence-corrected chi connectivity index (χ4v) is 2.55.